The summed E-state index contributed by atoms with van der Waals surface area (Å²) in [6, 6.07) is 4.98. The Kier molecular flexibility index (Phi) is 5.03. The van der Waals surface area contributed by atoms with E-state index in [1.54, 1.807) is 13.8 Å². The zero-order chi connectivity index (χ0) is 17.1. The molecule has 0 bridgehead atoms. The number of oxime groups is 1. The van der Waals surface area contributed by atoms with Crippen LogP contribution in [0.1, 0.15) is 31.4 Å². The molecule has 1 amide bonds. The number of hydrogen-bond acceptors (Lipinski definition) is 5. The van der Waals surface area contributed by atoms with E-state index in [4.69, 9.17) is 9.57 Å². The molecule has 6 heteroatoms. The summed E-state index contributed by atoms with van der Waals surface area (Å²) in [4.78, 5) is 31.7. The Morgan fingerprint density at radius 3 is 2.39 bits per heavy atom. The third-order valence-corrected chi connectivity index (χ3v) is 3.94. The van der Waals surface area contributed by atoms with Gasteiger partial charge in [0, 0.05) is 6.42 Å². The van der Waals surface area contributed by atoms with Gasteiger partial charge in [0.1, 0.15) is 6.04 Å². The maximum Gasteiger partial charge on any atom is 0.328 e. The molecule has 0 saturated carbocycles. The predicted molar refractivity (Wildman–Crippen MR) is 87.5 cm³/mol. The number of methoxy groups -OCH3 is 1. The lowest BCUT2D eigenvalue weighted by Crippen LogP contribution is -2.49. The number of esters is 1. The molecule has 1 aromatic rings. The number of para-hydroxylation sites is 1. The van der Waals surface area contributed by atoms with E-state index in [2.05, 4.69) is 5.16 Å². The molecule has 1 heterocycles. The monoisotopic (exact) mass is 318 g/mol. The molecule has 0 N–H and O–H groups in total. The molecule has 1 aliphatic rings. The van der Waals surface area contributed by atoms with Gasteiger partial charge in [0.2, 0.25) is 6.10 Å². The van der Waals surface area contributed by atoms with Crippen LogP contribution in [0.25, 0.3) is 0 Å². The van der Waals surface area contributed by atoms with E-state index in [0.717, 1.165) is 16.8 Å². The van der Waals surface area contributed by atoms with Crippen LogP contribution in [0.3, 0.4) is 0 Å². The topological polar surface area (TPSA) is 68.2 Å². The van der Waals surface area contributed by atoms with E-state index >= 15 is 0 Å². The lowest BCUT2D eigenvalue weighted by atomic mass is 10.0. The van der Waals surface area contributed by atoms with E-state index in [0.29, 0.717) is 12.1 Å². The van der Waals surface area contributed by atoms with Crippen molar-refractivity contribution in [2.24, 2.45) is 5.16 Å². The van der Waals surface area contributed by atoms with Crippen LogP contribution in [-0.2, 0) is 19.2 Å². The van der Waals surface area contributed by atoms with Gasteiger partial charge in [-0.15, -0.1) is 0 Å². The molecule has 2 rings (SSSR count). The maximum atomic E-state index is 13.0. The van der Waals surface area contributed by atoms with Crippen LogP contribution < -0.4 is 4.90 Å². The van der Waals surface area contributed by atoms with Gasteiger partial charge in [-0.05, 0) is 38.8 Å². The third kappa shape index (κ3) is 3.36. The molecule has 2 atom stereocenters. The number of carbonyl (C=O) groups excluding carboxylic acids is 2. The predicted octanol–water partition coefficient (Wildman–Crippen LogP) is 2.36. The van der Waals surface area contributed by atoms with Gasteiger partial charge >= 0.3 is 5.97 Å². The van der Waals surface area contributed by atoms with Gasteiger partial charge in [-0.3, -0.25) is 9.69 Å². The Morgan fingerprint density at radius 1 is 1.30 bits per heavy atom. The van der Waals surface area contributed by atoms with Crippen LogP contribution in [0.5, 0.6) is 0 Å². The van der Waals surface area contributed by atoms with Crippen molar-refractivity contribution in [2.45, 2.75) is 46.3 Å². The first kappa shape index (κ1) is 17.0. The van der Waals surface area contributed by atoms with Crippen LogP contribution in [0.2, 0.25) is 0 Å². The Labute approximate surface area is 136 Å². The highest BCUT2D eigenvalue weighted by atomic mass is 16.6. The minimum Gasteiger partial charge on any atom is -0.467 e. The Morgan fingerprint density at radius 2 is 1.91 bits per heavy atom. The van der Waals surface area contributed by atoms with Crippen LogP contribution in [0.4, 0.5) is 5.69 Å². The molecule has 0 aromatic heterocycles. The SMILES string of the molecule is COC(=O)C(C)N(C(=O)C1CC(C)=NO1)c1c(C)cccc1C. The molecule has 2 unspecified atom stereocenters. The quantitative estimate of drug-likeness (QED) is 0.799. The minimum absolute atomic E-state index is 0.291. The summed E-state index contributed by atoms with van der Waals surface area (Å²) in [5.41, 5.74) is 3.29. The first-order valence-electron chi connectivity index (χ1n) is 7.53. The molecular formula is C17H22N2O4. The molecule has 6 nitrogen and oxygen atoms in total. The van der Waals surface area contributed by atoms with Gasteiger partial charge in [0.05, 0.1) is 18.5 Å². The zero-order valence-electron chi connectivity index (χ0n) is 14.1. The van der Waals surface area contributed by atoms with Gasteiger partial charge in [-0.25, -0.2) is 4.79 Å². The fraction of sp³-hybridized carbons (Fsp3) is 0.471. The Hall–Kier alpha value is -2.37. The number of amides is 1. The smallest absolute Gasteiger partial charge is 0.328 e. The fourth-order valence-electron chi connectivity index (χ4n) is 2.74. The summed E-state index contributed by atoms with van der Waals surface area (Å²) < 4.78 is 4.83. The van der Waals surface area contributed by atoms with E-state index in [1.807, 2.05) is 32.0 Å². The van der Waals surface area contributed by atoms with Crippen molar-refractivity contribution in [3.63, 3.8) is 0 Å². The molecule has 1 aliphatic heterocycles. The van der Waals surface area contributed by atoms with E-state index in [-0.39, 0.29) is 5.91 Å². The number of nitrogens with zero attached hydrogens (tertiary/aromatic N) is 2. The number of ether oxygens (including phenoxy) is 1. The number of carbonyl (C=O) groups is 2. The van der Waals surface area contributed by atoms with Gasteiger partial charge in [-0.2, -0.15) is 0 Å². The van der Waals surface area contributed by atoms with Crippen LogP contribution in [0, 0.1) is 13.8 Å². The summed E-state index contributed by atoms with van der Waals surface area (Å²) in [7, 11) is 1.31. The van der Waals surface area contributed by atoms with Crippen molar-refractivity contribution in [3.05, 3.63) is 29.3 Å². The summed E-state index contributed by atoms with van der Waals surface area (Å²) >= 11 is 0. The highest BCUT2D eigenvalue weighted by Gasteiger charge is 2.37. The summed E-state index contributed by atoms with van der Waals surface area (Å²) in [6.45, 7) is 7.27. The van der Waals surface area contributed by atoms with Crippen LogP contribution in [-0.4, -0.2) is 36.8 Å². The normalized spacial score (nSPS) is 18.0. The lowest BCUT2D eigenvalue weighted by Gasteiger charge is -2.31. The van der Waals surface area contributed by atoms with Crippen molar-refractivity contribution in [2.75, 3.05) is 12.0 Å². The van der Waals surface area contributed by atoms with Crippen molar-refractivity contribution in [3.8, 4) is 0 Å². The van der Waals surface area contributed by atoms with Crippen LogP contribution >= 0.6 is 0 Å². The molecule has 0 radical (unpaired) electrons. The second kappa shape index (κ2) is 6.81. The van der Waals surface area contributed by atoms with Crippen molar-refractivity contribution >= 4 is 23.3 Å². The minimum atomic E-state index is -0.753. The zero-order valence-corrected chi connectivity index (χ0v) is 14.1. The van der Waals surface area contributed by atoms with Crippen molar-refractivity contribution in [1.29, 1.82) is 0 Å². The molecule has 0 spiro atoms. The molecule has 124 valence electrons. The highest BCUT2D eigenvalue weighted by Crippen LogP contribution is 2.29. The van der Waals surface area contributed by atoms with Crippen molar-refractivity contribution < 1.29 is 19.2 Å². The Bertz CT molecular complexity index is 634. The van der Waals surface area contributed by atoms with Gasteiger partial charge in [0.15, 0.2) is 0 Å². The number of benzene rings is 1. The fourth-order valence-corrected chi connectivity index (χ4v) is 2.74. The number of aryl methyl sites for hydroxylation is 2. The molecule has 23 heavy (non-hydrogen) atoms. The molecular weight excluding hydrogens is 296 g/mol. The average molecular weight is 318 g/mol. The molecule has 0 aliphatic carbocycles. The first-order chi connectivity index (χ1) is 10.9. The number of rotatable bonds is 4. The maximum absolute atomic E-state index is 13.0. The van der Waals surface area contributed by atoms with Crippen LogP contribution in [0.15, 0.2) is 23.4 Å². The molecule has 0 fully saturated rings. The lowest BCUT2D eigenvalue weighted by molar-refractivity contribution is -0.144. The largest absolute Gasteiger partial charge is 0.467 e. The second-order valence-electron chi connectivity index (χ2n) is 5.77. The second-order valence-corrected chi connectivity index (χ2v) is 5.77. The van der Waals surface area contributed by atoms with Gasteiger partial charge in [-0.1, -0.05) is 23.4 Å². The average Bonchev–Trinajstić information content (AvgIpc) is 2.95. The number of hydrogen-bond donors (Lipinski definition) is 0. The van der Waals surface area contributed by atoms with Gasteiger partial charge in [0.25, 0.3) is 5.91 Å². The summed E-state index contributed by atoms with van der Waals surface area (Å²) in [5, 5.41) is 3.84. The van der Waals surface area contributed by atoms with E-state index < -0.39 is 18.1 Å². The Balaban J connectivity index is 2.44. The molecule has 0 saturated heterocycles. The summed E-state index contributed by atoms with van der Waals surface area (Å²) in [6.07, 6.45) is -0.283. The van der Waals surface area contributed by atoms with E-state index in [1.165, 1.54) is 12.0 Å². The van der Waals surface area contributed by atoms with Crippen molar-refractivity contribution in [1.82, 2.24) is 0 Å². The summed E-state index contributed by atoms with van der Waals surface area (Å²) in [5.74, 6) is -0.766. The number of anilines is 1. The highest BCUT2D eigenvalue weighted by molar-refractivity contribution is 6.05. The van der Waals surface area contributed by atoms with Gasteiger partial charge < -0.3 is 9.57 Å². The molecule has 1 aromatic carbocycles. The van der Waals surface area contributed by atoms with E-state index in [9.17, 15) is 9.59 Å². The third-order valence-electron chi connectivity index (χ3n) is 3.94. The standard InChI is InChI=1S/C17H22N2O4/c1-10-7-6-8-11(2)15(10)19(13(4)17(21)22-5)16(20)14-9-12(3)18-23-14/h6-8,13-14H,9H2,1-5H3. The first-order valence-corrected chi connectivity index (χ1v) is 7.53.